The van der Waals surface area contributed by atoms with E-state index in [4.69, 9.17) is 9.15 Å². The molecule has 0 aliphatic rings. The van der Waals surface area contributed by atoms with Crippen molar-refractivity contribution >= 4 is 16.9 Å². The maximum Gasteiger partial charge on any atom is 0.340 e. The zero-order valence-electron chi connectivity index (χ0n) is 11.6. The summed E-state index contributed by atoms with van der Waals surface area (Å²) < 4.78 is 10.7. The summed E-state index contributed by atoms with van der Waals surface area (Å²) in [4.78, 5) is 22.6. The minimum Gasteiger partial charge on any atom is -0.550 e. The Kier molecular flexibility index (Phi) is 3.79. The van der Waals surface area contributed by atoms with Gasteiger partial charge in [-0.25, -0.2) is 4.79 Å². The third-order valence-electron chi connectivity index (χ3n) is 3.27. The van der Waals surface area contributed by atoms with Gasteiger partial charge in [0.2, 0.25) is 0 Å². The van der Waals surface area contributed by atoms with Crippen LogP contribution in [0, 0.1) is 13.8 Å². The van der Waals surface area contributed by atoms with Crippen LogP contribution in [0.1, 0.15) is 23.6 Å². The van der Waals surface area contributed by atoms with E-state index in [0.29, 0.717) is 28.9 Å². The Morgan fingerprint density at radius 3 is 2.60 bits per heavy atom. The van der Waals surface area contributed by atoms with Gasteiger partial charge in [0.1, 0.15) is 11.3 Å². The SMILES string of the molecule is CCOc1ccc2c(C)c(CC(=O)[O-])c(=O)oc2c1C. The van der Waals surface area contributed by atoms with Gasteiger partial charge in [0.15, 0.2) is 0 Å². The Morgan fingerprint density at radius 1 is 1.30 bits per heavy atom. The van der Waals surface area contributed by atoms with E-state index in [2.05, 4.69) is 0 Å². The van der Waals surface area contributed by atoms with Crippen LogP contribution in [0.2, 0.25) is 0 Å². The van der Waals surface area contributed by atoms with E-state index >= 15 is 0 Å². The maximum absolute atomic E-state index is 11.9. The highest BCUT2D eigenvalue weighted by atomic mass is 16.5. The largest absolute Gasteiger partial charge is 0.550 e. The van der Waals surface area contributed by atoms with Gasteiger partial charge in [-0.1, -0.05) is 0 Å². The predicted octanol–water partition coefficient (Wildman–Crippen LogP) is 1.10. The van der Waals surface area contributed by atoms with E-state index in [1.165, 1.54) is 0 Å². The molecule has 20 heavy (non-hydrogen) atoms. The molecule has 0 amide bonds. The zero-order chi connectivity index (χ0) is 14.9. The Hall–Kier alpha value is -2.30. The Labute approximate surface area is 115 Å². The fourth-order valence-electron chi connectivity index (χ4n) is 2.23. The number of hydrogen-bond acceptors (Lipinski definition) is 5. The van der Waals surface area contributed by atoms with E-state index in [-0.39, 0.29) is 5.56 Å². The second-order valence-electron chi connectivity index (χ2n) is 4.54. The monoisotopic (exact) mass is 275 g/mol. The van der Waals surface area contributed by atoms with Crippen molar-refractivity contribution in [1.29, 1.82) is 0 Å². The topological polar surface area (TPSA) is 79.6 Å². The summed E-state index contributed by atoms with van der Waals surface area (Å²) in [5.74, 6) is -0.655. The molecule has 0 aliphatic heterocycles. The summed E-state index contributed by atoms with van der Waals surface area (Å²) >= 11 is 0. The number of hydrogen-bond donors (Lipinski definition) is 0. The highest BCUT2D eigenvalue weighted by Gasteiger charge is 2.15. The van der Waals surface area contributed by atoms with Crippen LogP contribution in [0.4, 0.5) is 0 Å². The van der Waals surface area contributed by atoms with Crippen LogP contribution >= 0.6 is 0 Å². The normalized spacial score (nSPS) is 10.8. The average Bonchev–Trinajstić information content (AvgIpc) is 2.38. The van der Waals surface area contributed by atoms with Crippen molar-refractivity contribution in [2.75, 3.05) is 6.61 Å². The molecule has 5 nitrogen and oxygen atoms in total. The molecule has 0 bridgehead atoms. The first-order chi connectivity index (χ1) is 9.45. The number of aliphatic carboxylic acids is 1. The standard InChI is InChI=1S/C15H16O5/c1-4-19-12-6-5-10-8(2)11(7-13(16)17)15(18)20-14(10)9(12)3/h5-6H,4,7H2,1-3H3,(H,16,17)/p-1. The second-order valence-corrected chi connectivity index (χ2v) is 4.54. The van der Waals surface area contributed by atoms with E-state index < -0.39 is 18.0 Å². The van der Waals surface area contributed by atoms with Gasteiger partial charge in [-0.15, -0.1) is 0 Å². The van der Waals surface area contributed by atoms with Gasteiger partial charge in [-0.05, 0) is 38.5 Å². The average molecular weight is 275 g/mol. The Bertz CT molecular complexity index is 727. The number of carbonyl (C=O) groups excluding carboxylic acids is 1. The first-order valence-electron chi connectivity index (χ1n) is 6.34. The predicted molar refractivity (Wildman–Crippen MR) is 71.8 cm³/mol. The molecule has 1 aromatic heterocycles. The van der Waals surface area contributed by atoms with Crippen molar-refractivity contribution in [3.8, 4) is 5.75 Å². The molecule has 1 aromatic carbocycles. The number of carboxylic acids is 1. The number of carbonyl (C=O) groups is 1. The Balaban J connectivity index is 2.73. The molecule has 0 unspecified atom stereocenters. The van der Waals surface area contributed by atoms with Gasteiger partial charge in [0.25, 0.3) is 0 Å². The number of fused-ring (bicyclic) bond motifs is 1. The lowest BCUT2D eigenvalue weighted by Crippen LogP contribution is -2.27. The van der Waals surface area contributed by atoms with Gasteiger partial charge in [-0.2, -0.15) is 0 Å². The summed E-state index contributed by atoms with van der Waals surface area (Å²) in [6.07, 6.45) is -0.448. The minimum atomic E-state index is -1.30. The molecule has 0 N–H and O–H groups in total. The summed E-state index contributed by atoms with van der Waals surface area (Å²) in [5.41, 5.74) is 1.24. The third kappa shape index (κ3) is 2.39. The van der Waals surface area contributed by atoms with Crippen molar-refractivity contribution in [3.05, 3.63) is 39.2 Å². The molecule has 0 spiro atoms. The number of benzene rings is 1. The highest BCUT2D eigenvalue weighted by molar-refractivity contribution is 5.86. The lowest BCUT2D eigenvalue weighted by molar-refractivity contribution is -0.304. The molecule has 2 rings (SSSR count). The van der Waals surface area contributed by atoms with Gasteiger partial charge in [0, 0.05) is 28.9 Å². The van der Waals surface area contributed by atoms with Gasteiger partial charge >= 0.3 is 5.63 Å². The quantitative estimate of drug-likeness (QED) is 0.781. The van der Waals surface area contributed by atoms with Crippen LogP contribution in [0.5, 0.6) is 5.75 Å². The van der Waals surface area contributed by atoms with Crippen LogP contribution in [0.3, 0.4) is 0 Å². The molecule has 0 saturated carbocycles. The van der Waals surface area contributed by atoms with Crippen molar-refractivity contribution in [1.82, 2.24) is 0 Å². The maximum atomic E-state index is 11.9. The zero-order valence-corrected chi connectivity index (χ0v) is 11.6. The molecular weight excluding hydrogens is 260 g/mol. The molecule has 0 atom stereocenters. The summed E-state index contributed by atoms with van der Waals surface area (Å²) in [6, 6.07) is 3.56. The molecule has 0 radical (unpaired) electrons. The smallest absolute Gasteiger partial charge is 0.340 e. The first-order valence-corrected chi connectivity index (χ1v) is 6.34. The van der Waals surface area contributed by atoms with Crippen LogP contribution < -0.4 is 15.5 Å². The molecule has 5 heteroatoms. The molecule has 0 saturated heterocycles. The lowest BCUT2D eigenvalue weighted by Gasteiger charge is -2.12. The molecular formula is C15H15O5-. The van der Waals surface area contributed by atoms with E-state index in [0.717, 1.165) is 5.56 Å². The van der Waals surface area contributed by atoms with E-state index in [9.17, 15) is 14.7 Å². The summed E-state index contributed by atoms with van der Waals surface area (Å²) in [6.45, 7) is 5.89. The van der Waals surface area contributed by atoms with Crippen LogP contribution in [-0.2, 0) is 11.2 Å². The Morgan fingerprint density at radius 2 is 2.00 bits per heavy atom. The molecule has 106 valence electrons. The van der Waals surface area contributed by atoms with Gasteiger partial charge in [0.05, 0.1) is 6.61 Å². The van der Waals surface area contributed by atoms with Crippen molar-refractivity contribution in [2.45, 2.75) is 27.2 Å². The molecule has 0 fully saturated rings. The summed E-state index contributed by atoms with van der Waals surface area (Å²) in [7, 11) is 0. The molecule has 1 heterocycles. The lowest BCUT2D eigenvalue weighted by atomic mass is 10.0. The minimum absolute atomic E-state index is 0.126. The number of rotatable bonds is 4. The fourth-order valence-corrected chi connectivity index (χ4v) is 2.23. The molecule has 0 aliphatic carbocycles. The first kappa shape index (κ1) is 14.1. The number of aryl methyl sites for hydroxylation is 2. The van der Waals surface area contributed by atoms with Crippen molar-refractivity contribution in [3.63, 3.8) is 0 Å². The van der Waals surface area contributed by atoms with Crippen molar-refractivity contribution < 1.29 is 19.1 Å². The highest BCUT2D eigenvalue weighted by Crippen LogP contribution is 2.29. The third-order valence-corrected chi connectivity index (χ3v) is 3.27. The van der Waals surface area contributed by atoms with Crippen LogP contribution in [-0.4, -0.2) is 12.6 Å². The van der Waals surface area contributed by atoms with Crippen LogP contribution in [0.25, 0.3) is 11.0 Å². The fraction of sp³-hybridized carbons (Fsp3) is 0.333. The van der Waals surface area contributed by atoms with Gasteiger partial charge < -0.3 is 19.1 Å². The van der Waals surface area contributed by atoms with Gasteiger partial charge in [-0.3, -0.25) is 0 Å². The van der Waals surface area contributed by atoms with E-state index in [1.807, 2.05) is 6.92 Å². The van der Waals surface area contributed by atoms with Crippen LogP contribution in [0.15, 0.2) is 21.3 Å². The number of ether oxygens (including phenoxy) is 1. The van der Waals surface area contributed by atoms with Crippen molar-refractivity contribution in [2.24, 2.45) is 0 Å². The van der Waals surface area contributed by atoms with E-state index in [1.54, 1.807) is 26.0 Å². The molecule has 2 aromatic rings. The summed E-state index contributed by atoms with van der Waals surface area (Å²) in [5, 5.41) is 11.4. The number of carboxylic acid groups (broad SMARTS) is 1. The second kappa shape index (κ2) is 5.36.